The minimum atomic E-state index is 0.407. The highest BCUT2D eigenvalue weighted by Crippen LogP contribution is 2.16. The summed E-state index contributed by atoms with van der Waals surface area (Å²) in [6.45, 7) is 2.76. The monoisotopic (exact) mass is 257 g/mol. The van der Waals surface area contributed by atoms with Gasteiger partial charge in [-0.15, -0.1) is 0 Å². The average Bonchev–Trinajstić information content (AvgIpc) is 3.13. The van der Waals surface area contributed by atoms with Crippen molar-refractivity contribution in [3.63, 3.8) is 0 Å². The number of benzene rings is 1. The number of hydrogen-bond acceptors (Lipinski definition) is 3. The maximum atomic E-state index is 5.59. The van der Waals surface area contributed by atoms with E-state index in [0.29, 0.717) is 6.10 Å². The van der Waals surface area contributed by atoms with Gasteiger partial charge in [-0.2, -0.15) is 5.10 Å². The summed E-state index contributed by atoms with van der Waals surface area (Å²) >= 11 is 0. The first-order valence-electron chi connectivity index (χ1n) is 6.83. The zero-order chi connectivity index (χ0) is 12.9. The van der Waals surface area contributed by atoms with Gasteiger partial charge in [-0.05, 0) is 30.0 Å². The molecule has 2 heterocycles. The molecule has 4 heteroatoms. The van der Waals surface area contributed by atoms with E-state index in [4.69, 9.17) is 4.74 Å². The molecule has 2 N–H and O–H groups in total. The van der Waals surface area contributed by atoms with Crippen LogP contribution in [0.1, 0.15) is 18.4 Å². The Labute approximate surface area is 113 Å². The maximum absolute atomic E-state index is 5.59. The minimum absolute atomic E-state index is 0.407. The molecule has 1 aromatic heterocycles. The Morgan fingerprint density at radius 1 is 1.26 bits per heavy atom. The van der Waals surface area contributed by atoms with Gasteiger partial charge in [-0.3, -0.25) is 5.10 Å². The van der Waals surface area contributed by atoms with Gasteiger partial charge >= 0.3 is 0 Å². The lowest BCUT2D eigenvalue weighted by atomic mass is 10.1. The van der Waals surface area contributed by atoms with Crippen LogP contribution >= 0.6 is 0 Å². The molecule has 3 rings (SSSR count). The molecule has 1 fully saturated rings. The molecule has 4 nitrogen and oxygen atoms in total. The fraction of sp³-hybridized carbons (Fsp3) is 0.400. The highest BCUT2D eigenvalue weighted by molar-refractivity contribution is 5.58. The standard InChI is InChI=1S/C15H19N3O/c1-2-14(19-9-1)11-16-10-12-3-5-13(6-4-12)15-7-8-17-18-15/h3-8,14,16H,1-2,9-11H2,(H,17,18). The average molecular weight is 257 g/mol. The molecule has 1 atom stereocenters. The van der Waals surface area contributed by atoms with Crippen LogP contribution in [0, 0.1) is 0 Å². The lowest BCUT2D eigenvalue weighted by molar-refractivity contribution is 0.110. The van der Waals surface area contributed by atoms with Gasteiger partial charge in [0, 0.05) is 25.9 Å². The molecule has 0 saturated carbocycles. The number of H-pyrrole nitrogens is 1. The third kappa shape index (κ3) is 3.22. The number of aromatic nitrogens is 2. The van der Waals surface area contributed by atoms with Crippen molar-refractivity contribution in [3.8, 4) is 11.3 Å². The van der Waals surface area contributed by atoms with Crippen molar-refractivity contribution in [1.82, 2.24) is 15.5 Å². The first-order valence-corrected chi connectivity index (χ1v) is 6.83. The predicted octanol–water partition coefficient (Wildman–Crippen LogP) is 2.35. The molecule has 0 bridgehead atoms. The third-order valence-corrected chi connectivity index (χ3v) is 3.49. The van der Waals surface area contributed by atoms with Crippen LogP contribution in [-0.4, -0.2) is 29.5 Å². The third-order valence-electron chi connectivity index (χ3n) is 3.49. The molecule has 19 heavy (non-hydrogen) atoms. The predicted molar refractivity (Wildman–Crippen MR) is 74.7 cm³/mol. The molecule has 1 unspecified atom stereocenters. The summed E-state index contributed by atoms with van der Waals surface area (Å²) in [6, 6.07) is 10.5. The highest BCUT2D eigenvalue weighted by atomic mass is 16.5. The van der Waals surface area contributed by atoms with Crippen LogP contribution in [0.2, 0.25) is 0 Å². The Morgan fingerprint density at radius 3 is 2.84 bits per heavy atom. The Bertz CT molecular complexity index is 487. The number of nitrogens with one attached hydrogen (secondary N) is 2. The van der Waals surface area contributed by atoms with Crippen molar-refractivity contribution in [2.45, 2.75) is 25.5 Å². The van der Waals surface area contributed by atoms with Gasteiger partial charge in [0.2, 0.25) is 0 Å². The van der Waals surface area contributed by atoms with Crippen molar-refractivity contribution in [3.05, 3.63) is 42.1 Å². The number of nitrogens with zero attached hydrogens (tertiary/aromatic N) is 1. The molecule has 1 aliphatic heterocycles. The zero-order valence-electron chi connectivity index (χ0n) is 10.9. The molecular formula is C15H19N3O. The second-order valence-electron chi connectivity index (χ2n) is 4.93. The van der Waals surface area contributed by atoms with Gasteiger partial charge in [0.1, 0.15) is 0 Å². The van der Waals surface area contributed by atoms with Crippen molar-refractivity contribution in [1.29, 1.82) is 0 Å². The number of ether oxygens (including phenoxy) is 1. The van der Waals surface area contributed by atoms with Crippen molar-refractivity contribution < 1.29 is 4.74 Å². The van der Waals surface area contributed by atoms with Crippen LogP contribution in [0.25, 0.3) is 11.3 Å². The van der Waals surface area contributed by atoms with E-state index in [9.17, 15) is 0 Å². The summed E-state index contributed by atoms with van der Waals surface area (Å²) in [5.41, 5.74) is 3.51. The number of aromatic amines is 1. The Balaban J connectivity index is 1.51. The summed E-state index contributed by atoms with van der Waals surface area (Å²) in [4.78, 5) is 0. The minimum Gasteiger partial charge on any atom is -0.377 e. The highest BCUT2D eigenvalue weighted by Gasteiger charge is 2.14. The van der Waals surface area contributed by atoms with Crippen LogP contribution in [0.5, 0.6) is 0 Å². The van der Waals surface area contributed by atoms with Crippen LogP contribution in [0.3, 0.4) is 0 Å². The van der Waals surface area contributed by atoms with Crippen LogP contribution in [0.15, 0.2) is 36.5 Å². The van der Waals surface area contributed by atoms with Crippen LogP contribution < -0.4 is 5.32 Å². The first kappa shape index (κ1) is 12.4. The molecule has 0 radical (unpaired) electrons. The molecule has 1 aliphatic rings. The molecule has 0 aliphatic carbocycles. The summed E-state index contributed by atoms with van der Waals surface area (Å²) in [5.74, 6) is 0. The van der Waals surface area contributed by atoms with Crippen LogP contribution in [-0.2, 0) is 11.3 Å². The van der Waals surface area contributed by atoms with Gasteiger partial charge in [-0.25, -0.2) is 0 Å². The molecular weight excluding hydrogens is 238 g/mol. The smallest absolute Gasteiger partial charge is 0.0700 e. The fourth-order valence-corrected chi connectivity index (χ4v) is 2.40. The summed E-state index contributed by atoms with van der Waals surface area (Å²) in [6.07, 6.45) is 4.56. The van der Waals surface area contributed by atoms with E-state index in [-0.39, 0.29) is 0 Å². The quantitative estimate of drug-likeness (QED) is 0.864. The van der Waals surface area contributed by atoms with E-state index >= 15 is 0 Å². The first-order chi connectivity index (χ1) is 9.42. The molecule has 1 aromatic carbocycles. The topological polar surface area (TPSA) is 49.9 Å². The van der Waals surface area contributed by atoms with E-state index in [2.05, 4.69) is 39.8 Å². The second-order valence-corrected chi connectivity index (χ2v) is 4.93. The lowest BCUT2D eigenvalue weighted by Crippen LogP contribution is -2.25. The van der Waals surface area contributed by atoms with Gasteiger partial charge in [-0.1, -0.05) is 24.3 Å². The Kier molecular flexibility index (Phi) is 3.91. The van der Waals surface area contributed by atoms with Gasteiger partial charge in [0.25, 0.3) is 0 Å². The SMILES string of the molecule is c1cc(-c2ccc(CNCC3CCCO3)cc2)[nH]n1. The summed E-state index contributed by atoms with van der Waals surface area (Å²) in [7, 11) is 0. The van der Waals surface area contributed by atoms with E-state index in [0.717, 1.165) is 25.4 Å². The van der Waals surface area contributed by atoms with Crippen molar-refractivity contribution >= 4 is 0 Å². The Morgan fingerprint density at radius 2 is 2.16 bits per heavy atom. The fourth-order valence-electron chi connectivity index (χ4n) is 2.40. The van der Waals surface area contributed by atoms with Gasteiger partial charge in [0.05, 0.1) is 11.8 Å². The van der Waals surface area contributed by atoms with Crippen molar-refractivity contribution in [2.24, 2.45) is 0 Å². The molecule has 2 aromatic rings. The maximum Gasteiger partial charge on any atom is 0.0700 e. The number of rotatable bonds is 5. The van der Waals surface area contributed by atoms with E-state index in [1.165, 1.54) is 24.0 Å². The van der Waals surface area contributed by atoms with Gasteiger partial charge in [0.15, 0.2) is 0 Å². The summed E-state index contributed by atoms with van der Waals surface area (Å²) < 4.78 is 5.59. The number of hydrogen-bond donors (Lipinski definition) is 2. The molecule has 0 amide bonds. The Hall–Kier alpha value is -1.65. The lowest BCUT2D eigenvalue weighted by Gasteiger charge is -2.10. The van der Waals surface area contributed by atoms with E-state index in [1.807, 2.05) is 6.07 Å². The zero-order valence-corrected chi connectivity index (χ0v) is 10.9. The van der Waals surface area contributed by atoms with Gasteiger partial charge < -0.3 is 10.1 Å². The normalized spacial score (nSPS) is 18.8. The largest absolute Gasteiger partial charge is 0.377 e. The molecule has 100 valence electrons. The van der Waals surface area contributed by atoms with E-state index in [1.54, 1.807) is 6.20 Å². The molecule has 0 spiro atoms. The second kappa shape index (κ2) is 5.99. The van der Waals surface area contributed by atoms with Crippen molar-refractivity contribution in [2.75, 3.05) is 13.2 Å². The van der Waals surface area contributed by atoms with E-state index < -0.39 is 0 Å². The van der Waals surface area contributed by atoms with Crippen LogP contribution in [0.4, 0.5) is 0 Å². The molecule has 1 saturated heterocycles. The summed E-state index contributed by atoms with van der Waals surface area (Å²) in [5, 5.41) is 10.4.